The van der Waals surface area contributed by atoms with Crippen molar-refractivity contribution in [1.29, 1.82) is 0 Å². The fourth-order valence-electron chi connectivity index (χ4n) is 4.19. The molecule has 0 bridgehead atoms. The monoisotopic (exact) mass is 314 g/mol. The maximum Gasteiger partial charge on any atom is 0.226 e. The lowest BCUT2D eigenvalue weighted by Gasteiger charge is -2.36. The Labute approximate surface area is 140 Å². The highest BCUT2D eigenvalue weighted by molar-refractivity contribution is 5.79. The Bertz CT molecular complexity index is 542. The van der Waals surface area contributed by atoms with Crippen LogP contribution < -0.4 is 5.32 Å². The fraction of sp³-hybridized carbons (Fsp3) is 0.650. The van der Waals surface area contributed by atoms with E-state index in [4.69, 9.17) is 0 Å². The summed E-state index contributed by atoms with van der Waals surface area (Å²) in [7, 11) is 0. The highest BCUT2D eigenvalue weighted by Gasteiger charge is 2.33. The van der Waals surface area contributed by atoms with E-state index >= 15 is 0 Å². The molecule has 3 heteroatoms. The molecule has 0 aliphatic carbocycles. The lowest BCUT2D eigenvalue weighted by molar-refractivity contribution is -0.139. The average Bonchev–Trinajstić information content (AvgIpc) is 2.80. The molecule has 1 amide bonds. The van der Waals surface area contributed by atoms with Crippen molar-refractivity contribution in [2.75, 3.05) is 13.1 Å². The molecule has 0 aromatic heterocycles. The van der Waals surface area contributed by atoms with Crippen molar-refractivity contribution in [3.63, 3.8) is 0 Å². The molecular formula is C20H30N2O. The fourth-order valence-corrected chi connectivity index (χ4v) is 4.19. The average molecular weight is 314 g/mol. The van der Waals surface area contributed by atoms with Crippen LogP contribution in [0.3, 0.4) is 0 Å². The summed E-state index contributed by atoms with van der Waals surface area (Å²) in [5.41, 5.74) is 2.61. The van der Waals surface area contributed by atoms with Gasteiger partial charge in [0.25, 0.3) is 0 Å². The number of carbonyl (C=O) groups excluding carboxylic acids is 1. The van der Waals surface area contributed by atoms with Crippen molar-refractivity contribution >= 4 is 5.91 Å². The minimum absolute atomic E-state index is 0.205. The molecule has 2 aliphatic heterocycles. The number of likely N-dealkylation sites (tertiary alicyclic amines) is 1. The van der Waals surface area contributed by atoms with Crippen LogP contribution in [0.25, 0.3) is 0 Å². The zero-order chi connectivity index (χ0) is 16.2. The van der Waals surface area contributed by atoms with Crippen LogP contribution >= 0.6 is 0 Å². The molecule has 1 unspecified atom stereocenters. The van der Waals surface area contributed by atoms with E-state index in [-0.39, 0.29) is 12.0 Å². The van der Waals surface area contributed by atoms with E-state index in [0.29, 0.717) is 11.9 Å². The van der Waals surface area contributed by atoms with Crippen LogP contribution in [0.2, 0.25) is 0 Å². The summed E-state index contributed by atoms with van der Waals surface area (Å²) in [5.74, 6) is 0.600. The summed E-state index contributed by atoms with van der Waals surface area (Å²) in [4.78, 5) is 15.4. The molecule has 3 atom stereocenters. The predicted molar refractivity (Wildman–Crippen MR) is 94.3 cm³/mol. The van der Waals surface area contributed by atoms with E-state index in [9.17, 15) is 4.79 Å². The van der Waals surface area contributed by atoms with Gasteiger partial charge >= 0.3 is 0 Å². The number of amides is 1. The van der Waals surface area contributed by atoms with Crippen LogP contribution in [-0.2, 0) is 4.79 Å². The van der Waals surface area contributed by atoms with Gasteiger partial charge in [-0.05, 0) is 51.6 Å². The Kier molecular flexibility index (Phi) is 5.37. The van der Waals surface area contributed by atoms with Crippen LogP contribution in [0.4, 0.5) is 0 Å². The highest BCUT2D eigenvalue weighted by Crippen LogP contribution is 2.33. The van der Waals surface area contributed by atoms with Crippen molar-refractivity contribution in [3.05, 3.63) is 35.4 Å². The zero-order valence-corrected chi connectivity index (χ0v) is 14.6. The minimum atomic E-state index is 0.205. The summed E-state index contributed by atoms with van der Waals surface area (Å²) >= 11 is 0. The number of hydrogen-bond acceptors (Lipinski definition) is 2. The summed E-state index contributed by atoms with van der Waals surface area (Å²) in [6.45, 7) is 6.23. The van der Waals surface area contributed by atoms with Crippen molar-refractivity contribution < 1.29 is 4.79 Å². The molecule has 2 saturated heterocycles. The molecule has 3 rings (SSSR count). The Morgan fingerprint density at radius 2 is 2.09 bits per heavy atom. The third-order valence-electron chi connectivity index (χ3n) is 5.44. The van der Waals surface area contributed by atoms with Gasteiger partial charge in [0, 0.05) is 18.5 Å². The van der Waals surface area contributed by atoms with Gasteiger partial charge in [-0.1, -0.05) is 42.7 Å². The number of carbonyl (C=O) groups is 1. The Hall–Kier alpha value is -1.35. The normalized spacial score (nSPS) is 29.1. The number of aryl methyl sites for hydroxylation is 1. The first-order valence-electron chi connectivity index (χ1n) is 9.25. The minimum Gasteiger partial charge on any atom is -0.335 e. The predicted octanol–water partition coefficient (Wildman–Crippen LogP) is 3.83. The SMILES string of the molecule is Cc1cccc(C2CCCCCN2C(=O)[C@H]2CCN[C@@H](C)C2)c1. The molecule has 1 aromatic rings. The summed E-state index contributed by atoms with van der Waals surface area (Å²) in [6, 6.07) is 9.47. The standard InChI is InChI=1S/C20H30N2O/c1-15-7-6-8-17(13-15)19-9-4-3-5-12-22(19)20(23)18-10-11-21-16(2)14-18/h6-8,13,16,18-19,21H,3-5,9-12,14H2,1-2H3/t16-,18-,19?/m0/s1. The molecule has 23 heavy (non-hydrogen) atoms. The molecular weight excluding hydrogens is 284 g/mol. The lowest BCUT2D eigenvalue weighted by atomic mass is 9.90. The van der Waals surface area contributed by atoms with E-state index < -0.39 is 0 Å². The van der Waals surface area contributed by atoms with Crippen molar-refractivity contribution in [2.24, 2.45) is 5.92 Å². The lowest BCUT2D eigenvalue weighted by Crippen LogP contribution is -2.45. The van der Waals surface area contributed by atoms with Crippen LogP contribution in [0.5, 0.6) is 0 Å². The Balaban J connectivity index is 1.82. The van der Waals surface area contributed by atoms with Crippen molar-refractivity contribution in [2.45, 2.75) is 64.5 Å². The topological polar surface area (TPSA) is 32.3 Å². The molecule has 1 N–H and O–H groups in total. The molecule has 0 saturated carbocycles. The van der Waals surface area contributed by atoms with Gasteiger partial charge in [-0.25, -0.2) is 0 Å². The van der Waals surface area contributed by atoms with Crippen molar-refractivity contribution in [3.8, 4) is 0 Å². The molecule has 2 fully saturated rings. The maximum atomic E-state index is 13.2. The largest absolute Gasteiger partial charge is 0.335 e. The first-order chi connectivity index (χ1) is 11.1. The Morgan fingerprint density at radius 1 is 1.22 bits per heavy atom. The Morgan fingerprint density at radius 3 is 2.87 bits per heavy atom. The molecule has 0 radical (unpaired) electrons. The number of nitrogens with one attached hydrogen (secondary N) is 1. The van der Waals surface area contributed by atoms with Crippen molar-refractivity contribution in [1.82, 2.24) is 10.2 Å². The van der Waals surface area contributed by atoms with Gasteiger partial charge < -0.3 is 10.2 Å². The van der Waals surface area contributed by atoms with Gasteiger partial charge in [0.1, 0.15) is 0 Å². The van der Waals surface area contributed by atoms with Crippen LogP contribution in [0.15, 0.2) is 24.3 Å². The second-order valence-corrected chi connectivity index (χ2v) is 7.39. The number of piperidine rings is 1. The van der Waals surface area contributed by atoms with Crippen LogP contribution in [0, 0.1) is 12.8 Å². The highest BCUT2D eigenvalue weighted by atomic mass is 16.2. The van der Waals surface area contributed by atoms with Crippen LogP contribution in [0.1, 0.15) is 62.6 Å². The molecule has 126 valence electrons. The first-order valence-corrected chi connectivity index (χ1v) is 9.25. The van der Waals surface area contributed by atoms with Crippen LogP contribution in [-0.4, -0.2) is 29.9 Å². The number of hydrogen-bond donors (Lipinski definition) is 1. The number of benzene rings is 1. The van der Waals surface area contributed by atoms with Gasteiger partial charge in [-0.3, -0.25) is 4.79 Å². The molecule has 2 aliphatic rings. The maximum absolute atomic E-state index is 13.2. The summed E-state index contributed by atoms with van der Waals surface area (Å²) in [5, 5.41) is 3.46. The summed E-state index contributed by atoms with van der Waals surface area (Å²) in [6.07, 6.45) is 6.69. The van der Waals surface area contributed by atoms with Gasteiger partial charge in [-0.15, -0.1) is 0 Å². The second-order valence-electron chi connectivity index (χ2n) is 7.39. The quantitative estimate of drug-likeness (QED) is 0.900. The van der Waals surface area contributed by atoms with E-state index in [2.05, 4.69) is 48.3 Å². The third-order valence-corrected chi connectivity index (χ3v) is 5.44. The zero-order valence-electron chi connectivity index (χ0n) is 14.6. The smallest absolute Gasteiger partial charge is 0.226 e. The second kappa shape index (κ2) is 7.48. The van der Waals surface area contributed by atoms with E-state index in [1.165, 1.54) is 24.0 Å². The molecule has 2 heterocycles. The van der Waals surface area contributed by atoms with Gasteiger partial charge in [-0.2, -0.15) is 0 Å². The van der Waals surface area contributed by atoms with Gasteiger partial charge in [0.2, 0.25) is 5.91 Å². The third kappa shape index (κ3) is 3.95. The van der Waals surface area contributed by atoms with E-state index in [1.807, 2.05) is 0 Å². The molecule has 0 spiro atoms. The molecule has 3 nitrogen and oxygen atoms in total. The van der Waals surface area contributed by atoms with Gasteiger partial charge in [0.15, 0.2) is 0 Å². The number of nitrogens with zero attached hydrogens (tertiary/aromatic N) is 1. The van der Waals surface area contributed by atoms with E-state index in [0.717, 1.165) is 38.8 Å². The molecule has 1 aromatic carbocycles. The van der Waals surface area contributed by atoms with E-state index in [1.54, 1.807) is 0 Å². The summed E-state index contributed by atoms with van der Waals surface area (Å²) < 4.78 is 0. The van der Waals surface area contributed by atoms with Gasteiger partial charge in [0.05, 0.1) is 6.04 Å². The first kappa shape index (κ1) is 16.5. The number of rotatable bonds is 2.